The Balaban J connectivity index is 4.49. The Morgan fingerprint density at radius 3 is 0.820 bits per heavy atom. The van der Waals surface area contributed by atoms with Gasteiger partial charge in [0.25, 0.3) is 0 Å². The maximum absolute atomic E-state index is 13.8. The fourth-order valence-corrected chi connectivity index (χ4v) is 8.32. The van der Waals surface area contributed by atoms with E-state index in [1.54, 1.807) is 0 Å². The molecule has 0 aromatic carbocycles. The second kappa shape index (κ2) is 66.3. The lowest BCUT2D eigenvalue weighted by atomic mass is 10.0. The zero-order valence-electron chi connectivity index (χ0n) is 52.7. The molecular weight excluding hydrogens is 1240 g/mol. The number of carbonyl (C=O) groups is 8. The van der Waals surface area contributed by atoms with Crippen LogP contribution in [0.15, 0.2) is 0 Å². The molecule has 0 heterocycles. The Hall–Kier alpha value is -3.12. The van der Waals surface area contributed by atoms with Crippen molar-refractivity contribution in [3.05, 3.63) is 0 Å². The largest absolute Gasteiger partial charge is 0.379 e. The van der Waals surface area contributed by atoms with Crippen molar-refractivity contribution in [3.63, 3.8) is 0 Å². The maximum Gasteiger partial charge on any atom is 0.243 e. The molecule has 27 nitrogen and oxygen atoms in total. The van der Waals surface area contributed by atoms with E-state index in [1.165, 1.54) is 6.92 Å². The van der Waals surface area contributed by atoms with Gasteiger partial charge in [0.05, 0.1) is 159 Å². The molecule has 0 aliphatic rings. The van der Waals surface area contributed by atoms with E-state index < -0.39 is 29.9 Å². The second-order valence-corrected chi connectivity index (χ2v) is 21.6. The highest BCUT2D eigenvalue weighted by Crippen LogP contribution is 2.08. The van der Waals surface area contributed by atoms with Gasteiger partial charge in [-0.25, -0.2) is 0 Å². The average molecular weight is 1350 g/mol. The predicted molar refractivity (Wildman–Crippen MR) is 348 cm³/mol. The first-order valence-corrected chi connectivity index (χ1v) is 33.7. The van der Waals surface area contributed by atoms with Crippen molar-refractivity contribution in [2.75, 3.05) is 208 Å². The summed E-state index contributed by atoms with van der Waals surface area (Å²) >= 11 is 16.4. The molecule has 0 aromatic rings. The summed E-state index contributed by atoms with van der Waals surface area (Å²) in [6.07, 6.45) is 5.15. The SMILES string of the molecule is CC(=O)CCOCCOCCOCCOCCOCCOCCOCCOCCOCCOCCOCCOCCNC(=O)[C@H](CCCCNC(=O)[C@H](CCCCNC(=O)CCS)NC(=O)CCS)NC(=O)[C@H](CCCCNC(=O)CCS)NC(=O)CCS. The summed E-state index contributed by atoms with van der Waals surface area (Å²) in [6.45, 7) is 12.6. The van der Waals surface area contributed by atoms with Crippen LogP contribution in [-0.2, 0) is 95.2 Å². The number of amides is 7. The van der Waals surface area contributed by atoms with Crippen LogP contribution in [-0.4, -0.2) is 273 Å². The Morgan fingerprint density at radius 1 is 0.270 bits per heavy atom. The molecule has 0 unspecified atom stereocenters. The topological polar surface area (TPSA) is 332 Å². The summed E-state index contributed by atoms with van der Waals surface area (Å²) in [4.78, 5) is 100. The fourth-order valence-electron chi connectivity index (χ4n) is 7.51. The molecular formula is C58H109N7O20S4. The van der Waals surface area contributed by atoms with E-state index in [1.807, 2.05) is 0 Å². The molecule has 0 aromatic heterocycles. The third kappa shape index (κ3) is 59.6. The van der Waals surface area contributed by atoms with Gasteiger partial charge in [0.1, 0.15) is 23.9 Å². The van der Waals surface area contributed by atoms with E-state index >= 15 is 0 Å². The number of hydrogen-bond acceptors (Lipinski definition) is 24. The molecule has 0 aliphatic carbocycles. The maximum atomic E-state index is 13.8. The minimum Gasteiger partial charge on any atom is -0.379 e. The molecule has 3 atom stereocenters. The third-order valence-electron chi connectivity index (χ3n) is 12.2. The first-order chi connectivity index (χ1) is 43.4. The first-order valence-electron chi connectivity index (χ1n) is 31.2. The normalized spacial score (nSPS) is 12.2. The molecule has 31 heteroatoms. The van der Waals surface area contributed by atoms with Crippen molar-refractivity contribution in [2.24, 2.45) is 0 Å². The van der Waals surface area contributed by atoms with Gasteiger partial charge in [-0.05, 0) is 87.7 Å². The van der Waals surface area contributed by atoms with Crippen LogP contribution >= 0.6 is 50.5 Å². The highest BCUT2D eigenvalue weighted by atomic mass is 32.1. The Labute approximate surface area is 550 Å². The van der Waals surface area contributed by atoms with Crippen molar-refractivity contribution in [2.45, 2.75) is 115 Å². The zero-order chi connectivity index (χ0) is 65.3. The van der Waals surface area contributed by atoms with Crippen LogP contribution in [0.3, 0.4) is 0 Å². The van der Waals surface area contributed by atoms with E-state index in [0.29, 0.717) is 233 Å². The van der Waals surface area contributed by atoms with Gasteiger partial charge in [0, 0.05) is 58.3 Å². The molecule has 0 saturated heterocycles. The summed E-state index contributed by atoms with van der Waals surface area (Å²) in [5.41, 5.74) is 0. The minimum atomic E-state index is -0.994. The van der Waals surface area contributed by atoms with Gasteiger partial charge >= 0.3 is 0 Å². The van der Waals surface area contributed by atoms with Crippen LogP contribution in [0.2, 0.25) is 0 Å². The number of ketones is 1. The summed E-state index contributed by atoms with van der Waals surface area (Å²) in [5, 5.41) is 19.7. The lowest BCUT2D eigenvalue weighted by molar-refractivity contribution is -0.132. The van der Waals surface area contributed by atoms with E-state index in [2.05, 4.69) is 87.7 Å². The minimum absolute atomic E-state index is 0.0846. The van der Waals surface area contributed by atoms with Gasteiger partial charge in [-0.15, -0.1) is 0 Å². The van der Waals surface area contributed by atoms with Gasteiger partial charge in [-0.1, -0.05) is 0 Å². The van der Waals surface area contributed by atoms with Crippen molar-refractivity contribution in [1.29, 1.82) is 0 Å². The van der Waals surface area contributed by atoms with E-state index in [-0.39, 0.29) is 99.5 Å². The Morgan fingerprint density at radius 2 is 0.517 bits per heavy atom. The molecule has 0 aliphatic heterocycles. The number of carbonyl (C=O) groups excluding carboxylic acids is 8. The van der Waals surface area contributed by atoms with Crippen molar-refractivity contribution in [3.8, 4) is 0 Å². The number of Topliss-reactive ketones (excluding diaryl/α,β-unsaturated/α-hetero) is 1. The summed E-state index contributed by atoms with van der Waals surface area (Å²) < 4.78 is 66.0. The second-order valence-electron chi connectivity index (χ2n) is 19.8. The van der Waals surface area contributed by atoms with Crippen molar-refractivity contribution < 1.29 is 95.2 Å². The summed E-state index contributed by atoms with van der Waals surface area (Å²) in [5.74, 6) is -0.716. The van der Waals surface area contributed by atoms with Crippen LogP contribution < -0.4 is 37.2 Å². The van der Waals surface area contributed by atoms with Crippen LogP contribution in [0, 0.1) is 0 Å². The highest BCUT2D eigenvalue weighted by Gasteiger charge is 2.27. The van der Waals surface area contributed by atoms with Crippen molar-refractivity contribution in [1.82, 2.24) is 37.2 Å². The smallest absolute Gasteiger partial charge is 0.243 e. The number of ether oxygens (including phenoxy) is 12. The average Bonchev–Trinajstić information content (AvgIpc) is 3.63. The molecule has 7 amide bonds. The quantitative estimate of drug-likeness (QED) is 0.0297. The van der Waals surface area contributed by atoms with E-state index in [0.717, 1.165) is 0 Å². The molecule has 0 spiro atoms. The third-order valence-corrected chi connectivity index (χ3v) is 13.1. The molecule has 0 radical (unpaired) electrons. The van der Waals surface area contributed by atoms with E-state index in [9.17, 15) is 38.4 Å². The van der Waals surface area contributed by atoms with Gasteiger partial charge < -0.3 is 94.1 Å². The molecule has 520 valence electrons. The number of thiol groups is 4. The van der Waals surface area contributed by atoms with Crippen LogP contribution in [0.4, 0.5) is 0 Å². The lowest BCUT2D eigenvalue weighted by Crippen LogP contribution is -2.54. The van der Waals surface area contributed by atoms with Gasteiger partial charge in [0.15, 0.2) is 0 Å². The van der Waals surface area contributed by atoms with Crippen LogP contribution in [0.1, 0.15) is 96.8 Å². The van der Waals surface area contributed by atoms with Crippen LogP contribution in [0.5, 0.6) is 0 Å². The van der Waals surface area contributed by atoms with Gasteiger partial charge in [-0.2, -0.15) is 50.5 Å². The number of unbranched alkanes of at least 4 members (excludes halogenated alkanes) is 3. The molecule has 0 fully saturated rings. The Kier molecular flexibility index (Phi) is 64.0. The number of nitrogens with one attached hydrogen (secondary N) is 7. The molecule has 89 heavy (non-hydrogen) atoms. The Bertz CT molecular complexity index is 1780. The fraction of sp³-hybridized carbons (Fsp3) is 0.862. The lowest BCUT2D eigenvalue weighted by Gasteiger charge is -2.23. The number of rotatable bonds is 68. The molecule has 0 saturated carbocycles. The first kappa shape index (κ1) is 85.9. The summed E-state index contributed by atoms with van der Waals surface area (Å²) in [7, 11) is 0. The van der Waals surface area contributed by atoms with Crippen molar-refractivity contribution >= 4 is 97.6 Å². The van der Waals surface area contributed by atoms with Crippen LogP contribution in [0.25, 0.3) is 0 Å². The summed E-state index contributed by atoms with van der Waals surface area (Å²) in [6, 6.07) is -2.74. The van der Waals surface area contributed by atoms with E-state index in [4.69, 9.17) is 56.8 Å². The molecule has 0 bridgehead atoms. The zero-order valence-corrected chi connectivity index (χ0v) is 56.3. The number of hydrogen-bond donors (Lipinski definition) is 11. The molecule has 7 N–H and O–H groups in total. The highest BCUT2D eigenvalue weighted by molar-refractivity contribution is 7.80. The molecule has 0 rings (SSSR count). The monoisotopic (exact) mass is 1350 g/mol. The van der Waals surface area contributed by atoms with Gasteiger partial charge in [-0.3, -0.25) is 38.4 Å². The van der Waals surface area contributed by atoms with Gasteiger partial charge in [0.2, 0.25) is 41.4 Å². The standard InChI is InChI=1S/C58H109N7O20S4/c1-48(66)11-20-74-22-24-76-26-28-78-30-32-80-34-36-82-38-40-84-42-43-85-41-39-83-37-35-81-33-31-79-29-27-77-25-23-75-21-19-62-57(72)50(65-58(73)51(64-55(70)15-47-89)10-3-6-17-60-53(68)13-45-87)9-4-7-18-61-56(71)49(63-54(69)14-46-88)8-2-5-16-59-52(67)12-44-86/h49-51,86-89H,2-47H2,1H3,(H,59,67)(H,60,68)(H,61,71)(H,62,72)(H,63,69)(H,64,70)(H,65,73)/t49-,50-,51-/m0/s1. The predicted octanol–water partition coefficient (Wildman–Crippen LogP) is 0.874.